The molecule has 0 unspecified atom stereocenters. The van der Waals surface area contributed by atoms with Gasteiger partial charge in [0.15, 0.2) is 0 Å². The van der Waals surface area contributed by atoms with E-state index in [1.807, 2.05) is 0 Å². The average Bonchev–Trinajstić information content (AvgIpc) is 2.29. The number of carbonyl (C=O) groups is 1. The van der Waals surface area contributed by atoms with Crippen molar-refractivity contribution in [1.82, 2.24) is 4.31 Å². The van der Waals surface area contributed by atoms with Crippen LogP contribution in [0.2, 0.25) is 0 Å². The molecule has 0 aromatic carbocycles. The monoisotopic (exact) mass is 308 g/mol. The van der Waals surface area contributed by atoms with Crippen molar-refractivity contribution in [2.45, 2.75) is 38.0 Å². The van der Waals surface area contributed by atoms with Gasteiger partial charge in [-0.3, -0.25) is 4.79 Å². The van der Waals surface area contributed by atoms with Gasteiger partial charge in [-0.25, -0.2) is 12.8 Å². The Morgan fingerprint density at radius 3 is 2.40 bits per heavy atom. The number of primary amides is 1. The van der Waals surface area contributed by atoms with Gasteiger partial charge in [-0.2, -0.15) is 4.31 Å². The number of halogens is 1. The van der Waals surface area contributed by atoms with Gasteiger partial charge >= 0.3 is 0 Å². The highest BCUT2D eigenvalue weighted by molar-refractivity contribution is 7.89. The fourth-order valence-electron chi connectivity index (χ4n) is 2.63. The summed E-state index contributed by atoms with van der Waals surface area (Å²) in [5.74, 6) is -0.422. The summed E-state index contributed by atoms with van der Waals surface area (Å²) in [6.45, 7) is 0.362. The second-order valence-electron chi connectivity index (χ2n) is 5.61. The predicted molar refractivity (Wildman–Crippen MR) is 71.1 cm³/mol. The highest BCUT2D eigenvalue weighted by atomic mass is 32.2. The molecule has 1 aliphatic heterocycles. The van der Waals surface area contributed by atoms with E-state index in [4.69, 9.17) is 10.5 Å². The Morgan fingerprint density at radius 1 is 1.25 bits per heavy atom. The zero-order valence-electron chi connectivity index (χ0n) is 11.3. The minimum atomic E-state index is -3.30. The topological polar surface area (TPSA) is 89.7 Å². The SMILES string of the molecule is NC(=O)COC1CN(S(=O)(=O)CC2CCC(F)CC2)C1. The summed E-state index contributed by atoms with van der Waals surface area (Å²) in [4.78, 5) is 10.5. The standard InChI is InChI=1S/C12H21FN2O4S/c13-10-3-1-9(2-4-10)8-20(17,18)15-5-11(6-15)19-7-12(14)16/h9-11H,1-8H2,(H2,14,16). The molecule has 0 bridgehead atoms. The summed E-state index contributed by atoms with van der Waals surface area (Å²) in [6, 6.07) is 0. The van der Waals surface area contributed by atoms with E-state index in [1.54, 1.807) is 0 Å². The lowest BCUT2D eigenvalue weighted by atomic mass is 9.90. The maximum atomic E-state index is 13.0. The van der Waals surface area contributed by atoms with E-state index in [9.17, 15) is 17.6 Å². The summed E-state index contributed by atoms with van der Waals surface area (Å²) in [6.07, 6.45) is 1.17. The Labute approximate surface area is 118 Å². The Morgan fingerprint density at radius 2 is 1.85 bits per heavy atom. The minimum absolute atomic E-state index is 0.0533. The highest BCUT2D eigenvalue weighted by Crippen LogP contribution is 2.29. The molecule has 6 nitrogen and oxygen atoms in total. The fraction of sp³-hybridized carbons (Fsp3) is 0.917. The van der Waals surface area contributed by atoms with Crippen molar-refractivity contribution in [2.24, 2.45) is 11.7 Å². The number of sulfonamides is 1. The van der Waals surface area contributed by atoms with Gasteiger partial charge in [0.25, 0.3) is 0 Å². The maximum Gasteiger partial charge on any atom is 0.243 e. The number of hydrogen-bond acceptors (Lipinski definition) is 4. The van der Waals surface area contributed by atoms with E-state index in [-0.39, 0.29) is 37.5 Å². The zero-order valence-corrected chi connectivity index (χ0v) is 12.1. The van der Waals surface area contributed by atoms with E-state index >= 15 is 0 Å². The van der Waals surface area contributed by atoms with Crippen molar-refractivity contribution in [3.8, 4) is 0 Å². The summed E-state index contributed by atoms with van der Waals surface area (Å²) >= 11 is 0. The van der Waals surface area contributed by atoms with Crippen LogP contribution in [0.4, 0.5) is 4.39 Å². The summed E-state index contributed by atoms with van der Waals surface area (Å²) in [5.41, 5.74) is 4.95. The van der Waals surface area contributed by atoms with Crippen LogP contribution in [0.1, 0.15) is 25.7 Å². The number of rotatable bonds is 6. The third-order valence-electron chi connectivity index (χ3n) is 3.89. The number of nitrogens with zero attached hydrogens (tertiary/aromatic N) is 1. The van der Waals surface area contributed by atoms with Gasteiger partial charge in [-0.15, -0.1) is 0 Å². The highest BCUT2D eigenvalue weighted by Gasteiger charge is 2.38. The van der Waals surface area contributed by atoms with Crippen LogP contribution < -0.4 is 5.73 Å². The Balaban J connectivity index is 1.74. The molecule has 2 N–H and O–H groups in total. The molecule has 0 aromatic heterocycles. The second kappa shape index (κ2) is 6.36. The number of nitrogens with two attached hydrogens (primary N) is 1. The summed E-state index contributed by atoms with van der Waals surface area (Å²) in [7, 11) is -3.30. The van der Waals surface area contributed by atoms with Crippen LogP contribution in [-0.2, 0) is 19.6 Å². The van der Waals surface area contributed by atoms with Gasteiger partial charge in [-0.05, 0) is 31.6 Å². The summed E-state index contributed by atoms with van der Waals surface area (Å²) < 4.78 is 43.8. The first-order valence-electron chi connectivity index (χ1n) is 6.88. The third-order valence-corrected chi connectivity index (χ3v) is 5.87. The van der Waals surface area contributed by atoms with Crippen LogP contribution in [0, 0.1) is 5.92 Å². The average molecular weight is 308 g/mol. The van der Waals surface area contributed by atoms with Crippen molar-refractivity contribution in [3.05, 3.63) is 0 Å². The molecule has 0 atom stereocenters. The quantitative estimate of drug-likeness (QED) is 0.749. The predicted octanol–water partition coefficient (Wildman–Crippen LogP) is 0.0306. The number of carbonyl (C=O) groups excluding carboxylic acids is 1. The van der Waals surface area contributed by atoms with Crippen molar-refractivity contribution in [1.29, 1.82) is 0 Å². The second-order valence-corrected chi connectivity index (χ2v) is 7.63. The van der Waals surface area contributed by atoms with Gasteiger partial charge in [-0.1, -0.05) is 0 Å². The van der Waals surface area contributed by atoms with E-state index in [0.717, 1.165) is 0 Å². The molecule has 1 saturated heterocycles. The number of hydrogen-bond donors (Lipinski definition) is 1. The maximum absolute atomic E-state index is 13.0. The van der Waals surface area contributed by atoms with E-state index in [1.165, 1.54) is 4.31 Å². The molecule has 20 heavy (non-hydrogen) atoms. The first-order chi connectivity index (χ1) is 9.37. The molecule has 116 valence electrons. The molecule has 1 aliphatic carbocycles. The molecule has 1 amide bonds. The molecule has 0 aromatic rings. The van der Waals surface area contributed by atoms with Crippen LogP contribution in [0.15, 0.2) is 0 Å². The Bertz CT molecular complexity index is 442. The minimum Gasteiger partial charge on any atom is -0.368 e. The molecule has 1 heterocycles. The lowest BCUT2D eigenvalue weighted by Gasteiger charge is -2.38. The normalized spacial score (nSPS) is 29.1. The molecule has 2 rings (SSSR count). The molecule has 0 radical (unpaired) electrons. The third kappa shape index (κ3) is 4.13. The van der Waals surface area contributed by atoms with E-state index in [0.29, 0.717) is 25.7 Å². The largest absolute Gasteiger partial charge is 0.368 e. The van der Waals surface area contributed by atoms with Gasteiger partial charge < -0.3 is 10.5 Å². The smallest absolute Gasteiger partial charge is 0.243 e. The van der Waals surface area contributed by atoms with Gasteiger partial charge in [0.2, 0.25) is 15.9 Å². The summed E-state index contributed by atoms with van der Waals surface area (Å²) in [5, 5.41) is 0. The number of amides is 1. The van der Waals surface area contributed by atoms with Crippen molar-refractivity contribution < 1.29 is 22.3 Å². The van der Waals surface area contributed by atoms with Crippen molar-refractivity contribution in [3.63, 3.8) is 0 Å². The molecule has 2 fully saturated rings. The van der Waals surface area contributed by atoms with Crippen LogP contribution >= 0.6 is 0 Å². The molecule has 8 heteroatoms. The molecule has 0 spiro atoms. The Hall–Kier alpha value is -0.730. The van der Waals surface area contributed by atoms with Crippen LogP contribution in [-0.4, -0.2) is 56.4 Å². The lowest BCUT2D eigenvalue weighted by Crippen LogP contribution is -2.56. The van der Waals surface area contributed by atoms with Crippen molar-refractivity contribution in [2.75, 3.05) is 25.4 Å². The van der Waals surface area contributed by atoms with Crippen LogP contribution in [0.3, 0.4) is 0 Å². The van der Waals surface area contributed by atoms with Gasteiger partial charge in [0.05, 0.1) is 11.9 Å². The number of alkyl halides is 1. The molecule has 2 aliphatic rings. The zero-order chi connectivity index (χ0) is 14.8. The lowest BCUT2D eigenvalue weighted by molar-refractivity contribution is -0.127. The molecular weight excluding hydrogens is 287 g/mol. The molecule has 1 saturated carbocycles. The Kier molecular flexibility index (Phi) is 4.98. The molecular formula is C12H21FN2O4S. The first-order valence-corrected chi connectivity index (χ1v) is 8.49. The van der Waals surface area contributed by atoms with E-state index < -0.39 is 22.1 Å². The van der Waals surface area contributed by atoms with E-state index in [2.05, 4.69) is 0 Å². The van der Waals surface area contributed by atoms with Crippen LogP contribution in [0.5, 0.6) is 0 Å². The van der Waals surface area contributed by atoms with Gasteiger partial charge in [0.1, 0.15) is 12.8 Å². The first kappa shape index (κ1) is 15.7. The number of ether oxygens (including phenoxy) is 1. The van der Waals surface area contributed by atoms with Crippen LogP contribution in [0.25, 0.3) is 0 Å². The fourth-order valence-corrected chi connectivity index (χ4v) is 4.55. The van der Waals surface area contributed by atoms with Crippen molar-refractivity contribution >= 4 is 15.9 Å². The van der Waals surface area contributed by atoms with Gasteiger partial charge in [0, 0.05) is 13.1 Å².